The van der Waals surface area contributed by atoms with Crippen LogP contribution in [0.2, 0.25) is 0 Å². The van der Waals surface area contributed by atoms with Crippen LogP contribution in [0.15, 0.2) is 11.4 Å². The first-order valence-electron chi connectivity index (χ1n) is 9.93. The Morgan fingerprint density at radius 2 is 1.38 bits per heavy atom. The number of nitrogens with zero attached hydrogens (tertiary/aromatic N) is 2. The van der Waals surface area contributed by atoms with Gasteiger partial charge in [-0.15, -0.1) is 0 Å². The molecule has 0 radical (unpaired) electrons. The fourth-order valence-electron chi connectivity index (χ4n) is 6.39. The minimum Gasteiger partial charge on any atom is -0.348 e. The minimum atomic E-state index is 0.153. The van der Waals surface area contributed by atoms with Gasteiger partial charge in [0.15, 0.2) is 0 Å². The summed E-state index contributed by atoms with van der Waals surface area (Å²) in [5.41, 5.74) is 2.27. The van der Waals surface area contributed by atoms with Crippen molar-refractivity contribution in [1.82, 2.24) is 25.8 Å². The molecule has 0 spiro atoms. The lowest BCUT2D eigenvalue weighted by atomic mass is 9.90. The predicted molar refractivity (Wildman–Crippen MR) is 89.6 cm³/mol. The summed E-state index contributed by atoms with van der Waals surface area (Å²) in [6.45, 7) is 0.718. The average Bonchev–Trinajstić information content (AvgIpc) is 3.27. The zero-order valence-electron chi connectivity index (χ0n) is 14.1. The molecule has 0 bridgehead atoms. The summed E-state index contributed by atoms with van der Waals surface area (Å²) in [5.74, 6) is 0.153. The number of fused-ring (bicyclic) bond motifs is 9. The first-order valence-corrected chi connectivity index (χ1v) is 9.93. The topological polar surface area (TPSA) is 59.6 Å². The molecule has 6 aliphatic rings. The summed E-state index contributed by atoms with van der Waals surface area (Å²) in [4.78, 5) is 17.8. The standard InChI is InChI=1S/C18H27N5O/c24-18-15-14(9-19-18)22-12-7-3-1-5-10(12)20-16(22)17-21-11-6-2-4-8-13(11)23(15)17/h10-13,16-17,20-21H,1-9H2,(H,19,24). The second-order valence-electron chi connectivity index (χ2n) is 8.43. The molecule has 6 nitrogen and oxygen atoms in total. The highest BCUT2D eigenvalue weighted by molar-refractivity contribution is 5.96. The van der Waals surface area contributed by atoms with Gasteiger partial charge in [0.1, 0.15) is 18.0 Å². The third-order valence-corrected chi connectivity index (χ3v) is 7.32. The molecule has 3 N–H and O–H groups in total. The molecule has 2 aliphatic carbocycles. The van der Waals surface area contributed by atoms with Crippen LogP contribution in [0.5, 0.6) is 0 Å². The Bertz CT molecular complexity index is 619. The van der Waals surface area contributed by atoms with Gasteiger partial charge in [0.25, 0.3) is 5.91 Å². The van der Waals surface area contributed by atoms with E-state index in [1.807, 2.05) is 0 Å². The lowest BCUT2D eigenvalue weighted by Gasteiger charge is -2.46. The van der Waals surface area contributed by atoms with Crippen molar-refractivity contribution in [1.29, 1.82) is 0 Å². The van der Waals surface area contributed by atoms with Gasteiger partial charge in [-0.3, -0.25) is 15.4 Å². The van der Waals surface area contributed by atoms with Crippen LogP contribution < -0.4 is 16.0 Å². The van der Waals surface area contributed by atoms with Crippen LogP contribution in [0.1, 0.15) is 51.4 Å². The number of carbonyl (C=O) groups excluding carboxylic acids is 1. The highest BCUT2D eigenvalue weighted by atomic mass is 16.2. The Morgan fingerprint density at radius 1 is 0.792 bits per heavy atom. The largest absolute Gasteiger partial charge is 0.348 e. The van der Waals surface area contributed by atoms with Crippen molar-refractivity contribution in [2.24, 2.45) is 0 Å². The molecule has 6 rings (SSSR count). The molecular weight excluding hydrogens is 302 g/mol. The maximum atomic E-state index is 12.7. The third-order valence-electron chi connectivity index (χ3n) is 7.32. The molecule has 24 heavy (non-hydrogen) atoms. The third kappa shape index (κ3) is 1.66. The Hall–Kier alpha value is -1.27. The highest BCUT2D eigenvalue weighted by Crippen LogP contribution is 2.45. The number of rotatable bonds is 0. The summed E-state index contributed by atoms with van der Waals surface area (Å²) in [5, 5.41) is 11.0. The number of hydrogen-bond acceptors (Lipinski definition) is 5. The second kappa shape index (κ2) is 4.88. The van der Waals surface area contributed by atoms with E-state index in [1.54, 1.807) is 0 Å². The van der Waals surface area contributed by atoms with Crippen LogP contribution in [0.4, 0.5) is 0 Å². The fraction of sp³-hybridized carbons (Fsp3) is 0.833. The summed E-state index contributed by atoms with van der Waals surface area (Å²) in [7, 11) is 0. The number of carbonyl (C=O) groups is 1. The molecule has 4 heterocycles. The second-order valence-corrected chi connectivity index (χ2v) is 8.43. The van der Waals surface area contributed by atoms with Gasteiger partial charge in [0.2, 0.25) is 0 Å². The van der Waals surface area contributed by atoms with E-state index in [4.69, 9.17) is 0 Å². The molecule has 2 saturated heterocycles. The van der Waals surface area contributed by atoms with E-state index < -0.39 is 0 Å². The minimum absolute atomic E-state index is 0.153. The summed E-state index contributed by atoms with van der Waals surface area (Å²) < 4.78 is 0. The molecule has 6 unspecified atom stereocenters. The quantitative estimate of drug-likeness (QED) is 0.602. The van der Waals surface area contributed by atoms with E-state index in [1.165, 1.54) is 57.1 Å². The van der Waals surface area contributed by atoms with Crippen molar-refractivity contribution in [3.8, 4) is 0 Å². The van der Waals surface area contributed by atoms with Gasteiger partial charge >= 0.3 is 0 Å². The number of nitrogens with one attached hydrogen (secondary N) is 3. The van der Waals surface area contributed by atoms with Crippen molar-refractivity contribution in [3.05, 3.63) is 11.4 Å². The normalized spacial score (nSPS) is 46.2. The van der Waals surface area contributed by atoms with Gasteiger partial charge in [-0.2, -0.15) is 0 Å². The van der Waals surface area contributed by atoms with Gasteiger partial charge in [-0.1, -0.05) is 25.7 Å². The molecule has 4 fully saturated rings. The van der Waals surface area contributed by atoms with Crippen molar-refractivity contribution >= 4 is 5.91 Å². The van der Waals surface area contributed by atoms with E-state index in [2.05, 4.69) is 25.8 Å². The molecule has 4 aliphatic heterocycles. The first kappa shape index (κ1) is 14.0. The van der Waals surface area contributed by atoms with Crippen LogP contribution >= 0.6 is 0 Å². The molecule has 6 heteroatoms. The van der Waals surface area contributed by atoms with Crippen molar-refractivity contribution < 1.29 is 4.79 Å². The molecule has 130 valence electrons. The molecule has 6 atom stereocenters. The number of amides is 1. The Kier molecular flexibility index (Phi) is 2.84. The molecule has 0 aromatic rings. The molecular formula is C18H27N5O. The maximum absolute atomic E-state index is 12.7. The van der Waals surface area contributed by atoms with Gasteiger partial charge < -0.3 is 15.1 Å². The zero-order chi connectivity index (χ0) is 15.8. The molecule has 1 amide bonds. The monoisotopic (exact) mass is 329 g/mol. The van der Waals surface area contributed by atoms with Gasteiger partial charge in [-0.25, -0.2) is 0 Å². The van der Waals surface area contributed by atoms with E-state index in [-0.39, 0.29) is 12.1 Å². The fourth-order valence-corrected chi connectivity index (χ4v) is 6.39. The summed E-state index contributed by atoms with van der Waals surface area (Å²) >= 11 is 0. The molecule has 0 aromatic heterocycles. The highest BCUT2D eigenvalue weighted by Gasteiger charge is 2.58. The first-order chi connectivity index (χ1) is 11.8. The van der Waals surface area contributed by atoms with Crippen molar-refractivity contribution in [2.45, 2.75) is 87.9 Å². The van der Waals surface area contributed by atoms with Crippen LogP contribution in [0, 0.1) is 0 Å². The van der Waals surface area contributed by atoms with Gasteiger partial charge in [-0.05, 0) is 25.7 Å². The Morgan fingerprint density at radius 3 is 2.08 bits per heavy atom. The van der Waals surface area contributed by atoms with Crippen LogP contribution in [-0.4, -0.2) is 58.8 Å². The number of hydrogen-bond donors (Lipinski definition) is 3. The predicted octanol–water partition coefficient (Wildman–Crippen LogP) is 0.426. The van der Waals surface area contributed by atoms with Crippen molar-refractivity contribution in [2.75, 3.05) is 6.54 Å². The lowest BCUT2D eigenvalue weighted by Crippen LogP contribution is -2.60. The lowest BCUT2D eigenvalue weighted by molar-refractivity contribution is -0.119. The van der Waals surface area contributed by atoms with E-state index in [9.17, 15) is 4.79 Å². The average molecular weight is 329 g/mol. The van der Waals surface area contributed by atoms with Gasteiger partial charge in [0, 0.05) is 24.2 Å². The SMILES string of the molecule is O=C1NCC2=C1N1C3CCCCC3NC1C1NC3CCCCC3N21. The van der Waals surface area contributed by atoms with Gasteiger partial charge in [0.05, 0.1) is 12.2 Å². The van der Waals surface area contributed by atoms with E-state index in [0.717, 1.165) is 12.2 Å². The summed E-state index contributed by atoms with van der Waals surface area (Å²) in [6.07, 6.45) is 10.9. The molecule has 0 aromatic carbocycles. The van der Waals surface area contributed by atoms with Crippen LogP contribution in [0.25, 0.3) is 0 Å². The zero-order valence-corrected chi connectivity index (χ0v) is 14.1. The Balaban J connectivity index is 1.46. The van der Waals surface area contributed by atoms with Crippen molar-refractivity contribution in [3.63, 3.8) is 0 Å². The summed E-state index contributed by atoms with van der Waals surface area (Å²) in [6, 6.07) is 2.23. The molecule has 2 saturated carbocycles. The van der Waals surface area contributed by atoms with E-state index >= 15 is 0 Å². The van der Waals surface area contributed by atoms with E-state index in [0.29, 0.717) is 30.3 Å². The Labute approximate surface area is 143 Å². The maximum Gasteiger partial charge on any atom is 0.269 e. The van der Waals surface area contributed by atoms with Crippen LogP contribution in [0.3, 0.4) is 0 Å². The van der Waals surface area contributed by atoms with Crippen LogP contribution in [-0.2, 0) is 4.79 Å². The smallest absolute Gasteiger partial charge is 0.269 e.